The molecule has 4 heteroatoms. The van der Waals surface area contributed by atoms with Crippen LogP contribution in [0.5, 0.6) is 0 Å². The van der Waals surface area contributed by atoms with Gasteiger partial charge in [0.15, 0.2) is 0 Å². The van der Waals surface area contributed by atoms with Crippen molar-refractivity contribution in [3.8, 4) is 0 Å². The molecule has 1 fully saturated rings. The highest BCUT2D eigenvalue weighted by atomic mass is 16.2. The van der Waals surface area contributed by atoms with Crippen molar-refractivity contribution in [3.63, 3.8) is 0 Å². The molecular weight excluding hydrogens is 264 g/mol. The Kier molecular flexibility index (Phi) is 5.78. The fraction of sp³-hybridized carbons (Fsp3) is 0.529. The Morgan fingerprint density at radius 1 is 0.952 bits per heavy atom. The van der Waals surface area contributed by atoms with Gasteiger partial charge in [-0.3, -0.25) is 9.59 Å². The molecule has 4 nitrogen and oxygen atoms in total. The number of rotatable bonds is 5. The molecule has 0 aliphatic carbocycles. The highest BCUT2D eigenvalue weighted by molar-refractivity contribution is 5.94. The largest absolute Gasteiger partial charge is 0.339 e. The lowest BCUT2D eigenvalue weighted by atomic mass is 10.1. The van der Waals surface area contributed by atoms with Gasteiger partial charge in [0.05, 0.1) is 0 Å². The SMILES string of the molecule is CCCCCC(=O)N1CCN(C(=O)c2ccccc2)CC1. The fourth-order valence-electron chi connectivity index (χ4n) is 2.61. The topological polar surface area (TPSA) is 40.6 Å². The summed E-state index contributed by atoms with van der Waals surface area (Å²) in [5.74, 6) is 0.295. The number of amides is 2. The monoisotopic (exact) mass is 288 g/mol. The van der Waals surface area contributed by atoms with Crippen LogP contribution >= 0.6 is 0 Å². The molecule has 1 aromatic carbocycles. The molecule has 0 bridgehead atoms. The second kappa shape index (κ2) is 7.81. The predicted octanol–water partition coefficient (Wildman–Crippen LogP) is 2.55. The molecule has 2 rings (SSSR count). The summed E-state index contributed by atoms with van der Waals surface area (Å²) in [7, 11) is 0. The van der Waals surface area contributed by atoms with E-state index in [4.69, 9.17) is 0 Å². The minimum Gasteiger partial charge on any atom is -0.339 e. The first-order valence-electron chi connectivity index (χ1n) is 7.84. The van der Waals surface area contributed by atoms with Crippen LogP contribution in [0, 0.1) is 0 Å². The minimum absolute atomic E-state index is 0.0636. The molecule has 0 radical (unpaired) electrons. The zero-order valence-electron chi connectivity index (χ0n) is 12.8. The lowest BCUT2D eigenvalue weighted by Crippen LogP contribution is -2.50. The number of benzene rings is 1. The molecule has 0 unspecified atom stereocenters. The molecule has 114 valence electrons. The molecule has 1 aliphatic rings. The predicted molar refractivity (Wildman–Crippen MR) is 83.1 cm³/mol. The van der Waals surface area contributed by atoms with E-state index >= 15 is 0 Å². The summed E-state index contributed by atoms with van der Waals surface area (Å²) in [6.45, 7) is 4.71. The van der Waals surface area contributed by atoms with Crippen molar-refractivity contribution < 1.29 is 9.59 Å². The van der Waals surface area contributed by atoms with E-state index in [1.807, 2.05) is 40.1 Å². The zero-order valence-corrected chi connectivity index (χ0v) is 12.8. The van der Waals surface area contributed by atoms with Crippen LogP contribution in [0.15, 0.2) is 30.3 Å². The average molecular weight is 288 g/mol. The van der Waals surface area contributed by atoms with Crippen molar-refractivity contribution in [2.45, 2.75) is 32.6 Å². The summed E-state index contributed by atoms with van der Waals surface area (Å²) in [6.07, 6.45) is 3.85. The van der Waals surface area contributed by atoms with Crippen LogP contribution < -0.4 is 0 Å². The molecule has 0 atom stereocenters. The standard InChI is InChI=1S/C17H24N2O2/c1-2-3-5-10-16(20)18-11-13-19(14-12-18)17(21)15-8-6-4-7-9-15/h4,6-9H,2-3,5,10-14H2,1H3. The number of carbonyl (C=O) groups is 2. The van der Waals surface area contributed by atoms with Gasteiger partial charge >= 0.3 is 0 Å². The Labute approximate surface area is 126 Å². The molecular formula is C17H24N2O2. The maximum absolute atomic E-state index is 12.3. The quantitative estimate of drug-likeness (QED) is 0.781. The van der Waals surface area contributed by atoms with Gasteiger partial charge in [0.25, 0.3) is 5.91 Å². The van der Waals surface area contributed by atoms with Gasteiger partial charge in [-0.2, -0.15) is 0 Å². The summed E-state index contributed by atoms with van der Waals surface area (Å²) in [4.78, 5) is 28.1. The highest BCUT2D eigenvalue weighted by Crippen LogP contribution is 2.10. The Morgan fingerprint density at radius 2 is 1.57 bits per heavy atom. The third-order valence-corrected chi connectivity index (χ3v) is 3.93. The van der Waals surface area contributed by atoms with E-state index in [0.29, 0.717) is 32.6 Å². The first-order valence-corrected chi connectivity index (χ1v) is 7.84. The Bertz CT molecular complexity index is 465. The van der Waals surface area contributed by atoms with Crippen molar-refractivity contribution in [2.75, 3.05) is 26.2 Å². The number of nitrogens with zero attached hydrogens (tertiary/aromatic N) is 2. The number of unbranched alkanes of at least 4 members (excludes halogenated alkanes) is 2. The van der Waals surface area contributed by atoms with Gasteiger partial charge in [-0.05, 0) is 18.6 Å². The maximum atomic E-state index is 12.3. The van der Waals surface area contributed by atoms with Gasteiger partial charge in [0, 0.05) is 38.2 Å². The van der Waals surface area contributed by atoms with Crippen molar-refractivity contribution in [2.24, 2.45) is 0 Å². The van der Waals surface area contributed by atoms with E-state index in [1.165, 1.54) is 0 Å². The normalized spacial score (nSPS) is 15.1. The minimum atomic E-state index is 0.0636. The first-order chi connectivity index (χ1) is 10.2. The van der Waals surface area contributed by atoms with Crippen molar-refractivity contribution >= 4 is 11.8 Å². The molecule has 2 amide bonds. The van der Waals surface area contributed by atoms with Crippen LogP contribution in [0.25, 0.3) is 0 Å². The van der Waals surface area contributed by atoms with Crippen LogP contribution in [0.4, 0.5) is 0 Å². The number of hydrogen-bond donors (Lipinski definition) is 0. The number of hydrogen-bond acceptors (Lipinski definition) is 2. The summed E-state index contributed by atoms with van der Waals surface area (Å²) in [5.41, 5.74) is 0.722. The smallest absolute Gasteiger partial charge is 0.253 e. The second-order valence-electron chi connectivity index (χ2n) is 5.50. The molecule has 0 aromatic heterocycles. The number of piperazine rings is 1. The molecule has 1 aliphatic heterocycles. The van der Waals surface area contributed by atoms with Gasteiger partial charge < -0.3 is 9.80 Å². The molecule has 21 heavy (non-hydrogen) atoms. The van der Waals surface area contributed by atoms with E-state index in [2.05, 4.69) is 6.92 Å². The maximum Gasteiger partial charge on any atom is 0.253 e. The molecule has 1 heterocycles. The van der Waals surface area contributed by atoms with Gasteiger partial charge in [0.1, 0.15) is 0 Å². The van der Waals surface area contributed by atoms with E-state index in [0.717, 1.165) is 24.8 Å². The third-order valence-electron chi connectivity index (χ3n) is 3.93. The van der Waals surface area contributed by atoms with Gasteiger partial charge in [0.2, 0.25) is 5.91 Å². The summed E-state index contributed by atoms with van der Waals surface area (Å²) >= 11 is 0. The van der Waals surface area contributed by atoms with Crippen molar-refractivity contribution in [3.05, 3.63) is 35.9 Å². The molecule has 0 N–H and O–H groups in total. The van der Waals surface area contributed by atoms with Gasteiger partial charge in [-0.25, -0.2) is 0 Å². The summed E-state index contributed by atoms with van der Waals surface area (Å²) < 4.78 is 0. The first kappa shape index (κ1) is 15.5. The molecule has 0 saturated carbocycles. The van der Waals surface area contributed by atoms with Crippen molar-refractivity contribution in [1.82, 2.24) is 9.80 Å². The van der Waals surface area contributed by atoms with E-state index in [9.17, 15) is 9.59 Å². The Morgan fingerprint density at radius 3 is 2.19 bits per heavy atom. The second-order valence-corrected chi connectivity index (χ2v) is 5.50. The van der Waals surface area contributed by atoms with Crippen LogP contribution in [-0.2, 0) is 4.79 Å². The third kappa shape index (κ3) is 4.31. The summed E-state index contributed by atoms with van der Waals surface area (Å²) in [5, 5.41) is 0. The molecule has 1 aromatic rings. The summed E-state index contributed by atoms with van der Waals surface area (Å²) in [6, 6.07) is 9.33. The lowest BCUT2D eigenvalue weighted by Gasteiger charge is -2.35. The van der Waals surface area contributed by atoms with Crippen LogP contribution in [0.1, 0.15) is 43.0 Å². The van der Waals surface area contributed by atoms with E-state index in [1.54, 1.807) is 0 Å². The Hall–Kier alpha value is -1.84. The van der Waals surface area contributed by atoms with E-state index in [-0.39, 0.29) is 11.8 Å². The molecule has 0 spiro atoms. The fourth-order valence-corrected chi connectivity index (χ4v) is 2.61. The lowest BCUT2D eigenvalue weighted by molar-refractivity contribution is -0.132. The van der Waals surface area contributed by atoms with Gasteiger partial charge in [-0.15, -0.1) is 0 Å². The van der Waals surface area contributed by atoms with Crippen LogP contribution in [-0.4, -0.2) is 47.8 Å². The Balaban J connectivity index is 1.80. The van der Waals surface area contributed by atoms with Crippen molar-refractivity contribution in [1.29, 1.82) is 0 Å². The zero-order chi connectivity index (χ0) is 15.1. The van der Waals surface area contributed by atoms with Gasteiger partial charge in [-0.1, -0.05) is 38.0 Å². The number of carbonyl (C=O) groups excluding carboxylic acids is 2. The highest BCUT2D eigenvalue weighted by Gasteiger charge is 2.24. The average Bonchev–Trinajstić information content (AvgIpc) is 2.55. The van der Waals surface area contributed by atoms with Crippen LogP contribution in [0.2, 0.25) is 0 Å². The van der Waals surface area contributed by atoms with E-state index < -0.39 is 0 Å². The molecule has 1 saturated heterocycles. The van der Waals surface area contributed by atoms with Crippen LogP contribution in [0.3, 0.4) is 0 Å².